The highest BCUT2D eigenvalue weighted by Gasteiger charge is 2.47. The summed E-state index contributed by atoms with van der Waals surface area (Å²) in [4.78, 5) is 15.2. The number of allylic oxidation sites excluding steroid dienone is 1. The van der Waals surface area contributed by atoms with Gasteiger partial charge in [0, 0.05) is 37.4 Å². The van der Waals surface area contributed by atoms with Crippen LogP contribution >= 0.6 is 23.2 Å². The number of fused-ring (bicyclic) bond motifs is 2. The number of hydrogen-bond donors (Lipinski definition) is 1. The lowest BCUT2D eigenvalue weighted by Crippen LogP contribution is -2.45. The molecule has 3 heterocycles. The summed E-state index contributed by atoms with van der Waals surface area (Å²) in [7, 11) is 3.89. The number of carbonyl (C=O) groups is 1. The number of likely N-dealkylation sites (tertiary alicyclic amines) is 2. The molecule has 11 heteroatoms. The van der Waals surface area contributed by atoms with Crippen LogP contribution in [0.25, 0.3) is 0 Å². The van der Waals surface area contributed by atoms with E-state index in [4.69, 9.17) is 27.9 Å². The van der Waals surface area contributed by atoms with Crippen LogP contribution < -0.4 is 10.2 Å². The van der Waals surface area contributed by atoms with Crippen LogP contribution in [0.5, 0.6) is 5.75 Å². The fourth-order valence-corrected chi connectivity index (χ4v) is 4.78. The summed E-state index contributed by atoms with van der Waals surface area (Å²) in [6, 6.07) is 5.66. The van der Waals surface area contributed by atoms with Crippen molar-refractivity contribution in [2.75, 3.05) is 33.8 Å². The minimum Gasteiger partial charge on any atom is -0.495 e. The summed E-state index contributed by atoms with van der Waals surface area (Å²) in [5.74, 6) is 0.774. The van der Waals surface area contributed by atoms with E-state index in [9.17, 15) is 18.0 Å². The molecule has 1 aromatic rings. The zero-order chi connectivity index (χ0) is 23.6. The average molecular weight is 495 g/mol. The second-order valence-electron chi connectivity index (χ2n) is 8.20. The van der Waals surface area contributed by atoms with Crippen molar-refractivity contribution in [1.29, 1.82) is 0 Å². The number of hydrogen-bond acceptors (Lipinski definition) is 6. The van der Waals surface area contributed by atoms with Crippen LogP contribution in [0.3, 0.4) is 0 Å². The zero-order valence-electron chi connectivity index (χ0n) is 18.1. The number of halogens is 5. The van der Waals surface area contributed by atoms with Gasteiger partial charge in [0.05, 0.1) is 23.7 Å². The van der Waals surface area contributed by atoms with E-state index in [1.54, 1.807) is 7.11 Å². The fraction of sp³-hybridized carbons (Fsp3) is 0.571. The Morgan fingerprint density at radius 3 is 2.47 bits per heavy atom. The predicted octanol–water partition coefficient (Wildman–Crippen LogP) is 3.64. The Bertz CT molecular complexity index is 866. The Hall–Kier alpha value is -1.52. The van der Waals surface area contributed by atoms with Gasteiger partial charge in [0.15, 0.2) is 6.04 Å². The molecule has 178 valence electrons. The lowest BCUT2D eigenvalue weighted by atomic mass is 10.2. The second kappa shape index (κ2) is 10.2. The average Bonchev–Trinajstić information content (AvgIpc) is 3.38. The Labute approximate surface area is 195 Å². The number of nitrogens with zero attached hydrogens (tertiary/aromatic N) is 3. The monoisotopic (exact) mass is 494 g/mol. The van der Waals surface area contributed by atoms with Crippen molar-refractivity contribution in [1.82, 2.24) is 20.2 Å². The van der Waals surface area contributed by atoms with Crippen LogP contribution in [0, 0.1) is 0 Å². The van der Waals surface area contributed by atoms with E-state index in [1.165, 1.54) is 32.0 Å². The molecule has 3 aliphatic heterocycles. The summed E-state index contributed by atoms with van der Waals surface area (Å²) in [6.07, 6.45) is -2.63. The smallest absolute Gasteiger partial charge is 0.410 e. The van der Waals surface area contributed by atoms with Crippen molar-refractivity contribution in [3.05, 3.63) is 39.5 Å². The van der Waals surface area contributed by atoms with Crippen LogP contribution in [-0.4, -0.2) is 79.2 Å². The van der Waals surface area contributed by atoms with Gasteiger partial charge < -0.3 is 19.4 Å². The topological polar surface area (TPSA) is 48.1 Å². The van der Waals surface area contributed by atoms with Crippen LogP contribution in [0.1, 0.15) is 18.9 Å². The molecule has 6 nitrogen and oxygen atoms in total. The highest BCUT2D eigenvalue weighted by atomic mass is 35.5. The maximum Gasteiger partial charge on any atom is 0.410 e. The van der Waals surface area contributed by atoms with E-state index >= 15 is 0 Å². The van der Waals surface area contributed by atoms with Crippen LogP contribution in [-0.2, 0) is 11.3 Å². The number of carbonyl (C=O) groups excluding carboxylic acids is 1. The third kappa shape index (κ3) is 5.51. The fourth-order valence-electron chi connectivity index (χ4n) is 4.31. The molecule has 2 bridgehead atoms. The first-order valence-corrected chi connectivity index (χ1v) is 11.0. The van der Waals surface area contributed by atoms with E-state index in [1.807, 2.05) is 6.07 Å². The summed E-state index contributed by atoms with van der Waals surface area (Å²) in [5.41, 5.74) is 3.61. The highest BCUT2D eigenvalue weighted by molar-refractivity contribution is 6.32. The van der Waals surface area contributed by atoms with Gasteiger partial charge in [0.25, 0.3) is 0 Å². The van der Waals surface area contributed by atoms with Gasteiger partial charge in [0.2, 0.25) is 0 Å². The van der Waals surface area contributed by atoms with E-state index < -0.39 is 12.2 Å². The van der Waals surface area contributed by atoms with Gasteiger partial charge in [0.1, 0.15) is 12.0 Å². The van der Waals surface area contributed by atoms with E-state index in [-0.39, 0.29) is 17.3 Å². The van der Waals surface area contributed by atoms with Crippen LogP contribution in [0.2, 0.25) is 5.02 Å². The second-order valence-corrected chi connectivity index (χ2v) is 9.01. The van der Waals surface area contributed by atoms with Gasteiger partial charge in [-0.3, -0.25) is 4.90 Å². The van der Waals surface area contributed by atoms with Gasteiger partial charge in [-0.2, -0.15) is 13.2 Å². The van der Waals surface area contributed by atoms with Gasteiger partial charge in [-0.15, -0.1) is 0 Å². The number of nitrogens with one attached hydrogen (secondary N) is 1. The molecule has 2 fully saturated rings. The predicted molar refractivity (Wildman–Crippen MR) is 118 cm³/mol. The molecule has 3 aliphatic rings. The normalized spacial score (nSPS) is 25.9. The lowest BCUT2D eigenvalue weighted by molar-refractivity contribution is -0.151. The van der Waals surface area contributed by atoms with Crippen LogP contribution in [0.4, 0.5) is 13.2 Å². The first-order valence-electron chi connectivity index (χ1n) is 10.2. The summed E-state index contributed by atoms with van der Waals surface area (Å²) in [6.45, 7) is 4.66. The van der Waals surface area contributed by atoms with Gasteiger partial charge in [-0.05, 0) is 38.1 Å². The first-order chi connectivity index (χ1) is 15.0. The molecular formula is C21H27Cl2F3N4O2. The van der Waals surface area contributed by atoms with E-state index in [2.05, 4.69) is 34.4 Å². The maximum absolute atomic E-state index is 12.3. The number of rotatable bonds is 5. The van der Waals surface area contributed by atoms with E-state index in [0.717, 1.165) is 29.4 Å². The Morgan fingerprint density at radius 2 is 1.97 bits per heavy atom. The molecule has 0 spiro atoms. The molecule has 1 N–H and O–H groups in total. The molecule has 0 aliphatic carbocycles. The van der Waals surface area contributed by atoms with Gasteiger partial charge in [-0.25, -0.2) is 5.43 Å². The Kier molecular flexibility index (Phi) is 7.98. The highest BCUT2D eigenvalue weighted by Crippen LogP contribution is 2.34. The molecule has 2 saturated heterocycles. The SMILES string of the molecule is CC1=C(Cl)C(C(F)(F)F)NN1CC=O.COc1cc(CN2CC3CC2CN3C)ccc1Cl. The number of alkyl halides is 3. The molecule has 0 aromatic heterocycles. The lowest BCUT2D eigenvalue weighted by Gasteiger charge is -2.31. The van der Waals surface area contributed by atoms with Crippen molar-refractivity contribution in [3.8, 4) is 5.75 Å². The van der Waals surface area contributed by atoms with Crippen molar-refractivity contribution in [3.63, 3.8) is 0 Å². The number of likely N-dealkylation sites (N-methyl/N-ethyl adjacent to an activating group) is 1. The van der Waals surface area contributed by atoms with Gasteiger partial charge >= 0.3 is 6.18 Å². The quantitative estimate of drug-likeness (QED) is 0.630. The summed E-state index contributed by atoms with van der Waals surface area (Å²) >= 11 is 11.5. The maximum atomic E-state index is 12.3. The van der Waals surface area contributed by atoms with Gasteiger partial charge in [-0.1, -0.05) is 29.3 Å². The number of methoxy groups -OCH3 is 1. The number of benzene rings is 1. The summed E-state index contributed by atoms with van der Waals surface area (Å²) in [5, 5.41) is 1.44. The molecule has 0 radical (unpaired) electrons. The number of aldehydes is 1. The molecule has 4 rings (SSSR count). The van der Waals surface area contributed by atoms with Crippen molar-refractivity contribution >= 4 is 29.5 Å². The molecule has 1 aromatic carbocycles. The van der Waals surface area contributed by atoms with Crippen LogP contribution in [0.15, 0.2) is 28.9 Å². The number of piperazine rings is 1. The number of hydrazine groups is 1. The van der Waals surface area contributed by atoms with E-state index in [0.29, 0.717) is 11.3 Å². The summed E-state index contributed by atoms with van der Waals surface area (Å²) < 4.78 is 42.2. The molecule has 3 unspecified atom stereocenters. The Balaban J connectivity index is 0.000000188. The molecule has 0 amide bonds. The Morgan fingerprint density at radius 1 is 1.25 bits per heavy atom. The molecular weight excluding hydrogens is 468 g/mol. The van der Waals surface area contributed by atoms with Crippen molar-refractivity contribution < 1.29 is 22.7 Å². The standard InChI is InChI=1S/C14H19ClN2O.C7H8ClF3N2O/c1-16-8-12-6-11(16)9-17(12)7-10-3-4-13(15)14(5-10)18-2;1-4-5(8)6(7(9,10)11)12-13(4)2-3-14/h3-5,11-12H,6-9H2,1-2H3;3,6,12H,2H2,1H3. The third-order valence-electron chi connectivity index (χ3n) is 6.10. The third-order valence-corrected chi connectivity index (χ3v) is 6.91. The van der Waals surface area contributed by atoms with Crippen molar-refractivity contribution in [2.24, 2.45) is 0 Å². The zero-order valence-corrected chi connectivity index (χ0v) is 19.6. The largest absolute Gasteiger partial charge is 0.495 e. The molecule has 0 saturated carbocycles. The molecule has 3 atom stereocenters. The van der Waals surface area contributed by atoms with Crippen molar-refractivity contribution in [2.45, 2.75) is 44.2 Å². The first kappa shape index (κ1) is 25.1. The molecule has 32 heavy (non-hydrogen) atoms. The number of ether oxygens (including phenoxy) is 1. The minimum atomic E-state index is -4.45. The minimum absolute atomic E-state index is 0.158.